The summed E-state index contributed by atoms with van der Waals surface area (Å²) in [6.07, 6.45) is 0. The summed E-state index contributed by atoms with van der Waals surface area (Å²) in [7, 11) is 0. The van der Waals surface area contributed by atoms with Gasteiger partial charge in [0.25, 0.3) is 11.8 Å². The number of halogens is 2. The summed E-state index contributed by atoms with van der Waals surface area (Å²) >= 11 is 3.36. The normalized spacial score (nSPS) is 14.6. The second kappa shape index (κ2) is 7.13. The quantitative estimate of drug-likeness (QED) is 0.789. The van der Waals surface area contributed by atoms with E-state index in [2.05, 4.69) is 15.9 Å². The molecule has 1 heterocycles. The van der Waals surface area contributed by atoms with E-state index in [1.807, 2.05) is 12.1 Å². The Labute approximate surface area is 148 Å². The third-order valence-corrected chi connectivity index (χ3v) is 4.49. The van der Waals surface area contributed by atoms with Crippen molar-refractivity contribution in [2.45, 2.75) is 0 Å². The molecule has 6 heteroatoms. The summed E-state index contributed by atoms with van der Waals surface area (Å²) in [5.41, 5.74) is 0.955. The van der Waals surface area contributed by atoms with Crippen LogP contribution in [0.5, 0.6) is 0 Å². The smallest absolute Gasteiger partial charge is 0.254 e. The first-order chi connectivity index (χ1) is 11.5. The largest absolute Gasteiger partial charge is 0.335 e. The molecule has 1 saturated heterocycles. The zero-order chi connectivity index (χ0) is 17.1. The van der Waals surface area contributed by atoms with Crippen LogP contribution in [0.2, 0.25) is 0 Å². The molecule has 0 saturated carbocycles. The zero-order valence-electron chi connectivity index (χ0n) is 12.9. The van der Waals surface area contributed by atoms with Crippen LogP contribution >= 0.6 is 15.9 Å². The zero-order valence-corrected chi connectivity index (χ0v) is 14.5. The predicted octanol–water partition coefficient (Wildman–Crippen LogP) is 3.19. The van der Waals surface area contributed by atoms with Crippen LogP contribution in [0.3, 0.4) is 0 Å². The van der Waals surface area contributed by atoms with Gasteiger partial charge in [-0.25, -0.2) is 4.39 Å². The molecule has 1 fully saturated rings. The summed E-state index contributed by atoms with van der Waals surface area (Å²) in [5, 5.41) is 0. The fourth-order valence-corrected chi connectivity index (χ4v) is 3.12. The summed E-state index contributed by atoms with van der Waals surface area (Å²) in [6, 6.07) is 12.9. The van der Waals surface area contributed by atoms with E-state index in [1.54, 1.807) is 28.0 Å². The Morgan fingerprint density at radius 2 is 1.33 bits per heavy atom. The molecule has 4 nitrogen and oxygen atoms in total. The Kier molecular flexibility index (Phi) is 4.94. The highest BCUT2D eigenvalue weighted by Crippen LogP contribution is 2.16. The third-order valence-electron chi connectivity index (χ3n) is 4.00. The lowest BCUT2D eigenvalue weighted by atomic mass is 10.1. The first-order valence-corrected chi connectivity index (χ1v) is 8.43. The molecule has 0 unspecified atom stereocenters. The van der Waals surface area contributed by atoms with Crippen molar-refractivity contribution in [3.63, 3.8) is 0 Å². The van der Waals surface area contributed by atoms with Crippen molar-refractivity contribution in [1.82, 2.24) is 9.80 Å². The minimum Gasteiger partial charge on any atom is -0.335 e. The molecule has 3 rings (SSSR count). The highest BCUT2D eigenvalue weighted by atomic mass is 79.9. The Morgan fingerprint density at radius 1 is 0.833 bits per heavy atom. The number of piperazine rings is 1. The molecule has 0 aliphatic carbocycles. The van der Waals surface area contributed by atoms with Gasteiger partial charge < -0.3 is 9.80 Å². The third kappa shape index (κ3) is 3.64. The maximum atomic E-state index is 13.3. The molecule has 0 bridgehead atoms. The maximum absolute atomic E-state index is 13.3. The Balaban J connectivity index is 1.63. The van der Waals surface area contributed by atoms with E-state index in [0.29, 0.717) is 37.3 Å². The van der Waals surface area contributed by atoms with Crippen LogP contribution in [0.1, 0.15) is 20.7 Å². The number of hydrogen-bond acceptors (Lipinski definition) is 2. The van der Waals surface area contributed by atoms with Crippen LogP contribution in [0.25, 0.3) is 0 Å². The van der Waals surface area contributed by atoms with Gasteiger partial charge >= 0.3 is 0 Å². The number of amides is 2. The van der Waals surface area contributed by atoms with Crippen molar-refractivity contribution in [2.75, 3.05) is 26.2 Å². The minimum atomic E-state index is -0.427. The van der Waals surface area contributed by atoms with E-state index in [9.17, 15) is 14.0 Å². The molecule has 24 heavy (non-hydrogen) atoms. The summed E-state index contributed by atoms with van der Waals surface area (Å²) in [6.45, 7) is 1.81. The van der Waals surface area contributed by atoms with Crippen molar-refractivity contribution in [3.8, 4) is 0 Å². The molecular formula is C18H16BrFN2O2. The second-order valence-electron chi connectivity index (χ2n) is 5.61. The first-order valence-electron chi connectivity index (χ1n) is 7.64. The lowest BCUT2D eigenvalue weighted by Crippen LogP contribution is -2.50. The van der Waals surface area contributed by atoms with Gasteiger partial charge in [0.1, 0.15) is 5.82 Å². The van der Waals surface area contributed by atoms with Gasteiger partial charge in [-0.3, -0.25) is 9.59 Å². The van der Waals surface area contributed by atoms with E-state index in [-0.39, 0.29) is 11.8 Å². The lowest BCUT2D eigenvalue weighted by Gasteiger charge is -2.35. The number of nitrogens with zero attached hydrogens (tertiary/aromatic N) is 2. The number of benzene rings is 2. The monoisotopic (exact) mass is 390 g/mol. The molecule has 124 valence electrons. The fourth-order valence-electron chi connectivity index (χ4n) is 2.72. The average molecular weight is 391 g/mol. The van der Waals surface area contributed by atoms with Gasteiger partial charge in [0, 0.05) is 41.8 Å². The van der Waals surface area contributed by atoms with Gasteiger partial charge in [-0.15, -0.1) is 0 Å². The molecule has 1 aliphatic rings. The second-order valence-corrected chi connectivity index (χ2v) is 6.52. The molecule has 0 radical (unpaired) electrons. The van der Waals surface area contributed by atoms with Gasteiger partial charge in [-0.1, -0.05) is 28.1 Å². The molecule has 1 aliphatic heterocycles. The summed E-state index contributed by atoms with van der Waals surface area (Å²) in [4.78, 5) is 28.3. The summed E-state index contributed by atoms with van der Waals surface area (Å²) in [5.74, 6) is -0.678. The van der Waals surface area contributed by atoms with Gasteiger partial charge in [0.05, 0.1) is 0 Å². The van der Waals surface area contributed by atoms with E-state index >= 15 is 0 Å². The number of carbonyl (C=O) groups is 2. The molecule has 0 atom stereocenters. The molecule has 2 aromatic carbocycles. The highest BCUT2D eigenvalue weighted by molar-refractivity contribution is 9.10. The van der Waals surface area contributed by atoms with E-state index in [4.69, 9.17) is 0 Å². The number of carbonyl (C=O) groups excluding carboxylic acids is 2. The van der Waals surface area contributed by atoms with Gasteiger partial charge in [-0.2, -0.15) is 0 Å². The predicted molar refractivity (Wildman–Crippen MR) is 92.3 cm³/mol. The molecule has 0 spiro atoms. The van der Waals surface area contributed by atoms with E-state index in [0.717, 1.165) is 4.47 Å². The molecule has 0 aromatic heterocycles. The van der Waals surface area contributed by atoms with E-state index < -0.39 is 5.82 Å². The fraction of sp³-hybridized carbons (Fsp3) is 0.222. The van der Waals surface area contributed by atoms with E-state index in [1.165, 1.54) is 18.2 Å². The summed E-state index contributed by atoms with van der Waals surface area (Å²) < 4.78 is 14.1. The number of hydrogen-bond donors (Lipinski definition) is 0. The topological polar surface area (TPSA) is 40.6 Å². The highest BCUT2D eigenvalue weighted by Gasteiger charge is 2.25. The first kappa shape index (κ1) is 16.6. The van der Waals surface area contributed by atoms with Crippen LogP contribution in [-0.2, 0) is 0 Å². The van der Waals surface area contributed by atoms with Gasteiger partial charge in [-0.05, 0) is 36.4 Å². The van der Waals surface area contributed by atoms with Crippen molar-refractivity contribution in [2.24, 2.45) is 0 Å². The lowest BCUT2D eigenvalue weighted by molar-refractivity contribution is 0.0535. The number of rotatable bonds is 2. The van der Waals surface area contributed by atoms with Gasteiger partial charge in [0.2, 0.25) is 0 Å². The average Bonchev–Trinajstić information content (AvgIpc) is 2.60. The minimum absolute atomic E-state index is 0.0471. The maximum Gasteiger partial charge on any atom is 0.254 e. The SMILES string of the molecule is O=C(c1cccc(F)c1)N1CCN(C(=O)c2cccc(Br)c2)CC1. The van der Waals surface area contributed by atoms with Crippen LogP contribution in [0.15, 0.2) is 53.0 Å². The Morgan fingerprint density at radius 3 is 1.83 bits per heavy atom. The van der Waals surface area contributed by atoms with Crippen LogP contribution in [0, 0.1) is 5.82 Å². The Hall–Kier alpha value is -2.21. The molecule has 2 aromatic rings. The standard InChI is InChI=1S/C18H16BrFN2O2/c19-15-5-1-3-13(11-15)17(23)21-7-9-22(10-8-21)18(24)14-4-2-6-16(20)12-14/h1-6,11-12H,7-10H2. The van der Waals surface area contributed by atoms with Crippen molar-refractivity contribution >= 4 is 27.7 Å². The molecule has 0 N–H and O–H groups in total. The van der Waals surface area contributed by atoms with Crippen LogP contribution in [-0.4, -0.2) is 47.8 Å². The Bertz CT molecular complexity index is 708. The molecule has 2 amide bonds. The van der Waals surface area contributed by atoms with Crippen LogP contribution < -0.4 is 0 Å². The van der Waals surface area contributed by atoms with Crippen molar-refractivity contribution in [1.29, 1.82) is 0 Å². The van der Waals surface area contributed by atoms with Crippen LogP contribution in [0.4, 0.5) is 4.39 Å². The van der Waals surface area contributed by atoms with Crippen molar-refractivity contribution in [3.05, 3.63) is 69.9 Å². The molecular weight excluding hydrogens is 375 g/mol. The van der Waals surface area contributed by atoms with Gasteiger partial charge in [0.15, 0.2) is 0 Å². The van der Waals surface area contributed by atoms with Crippen molar-refractivity contribution < 1.29 is 14.0 Å².